The third-order valence-corrected chi connectivity index (χ3v) is 7.64. The fourth-order valence-electron chi connectivity index (χ4n) is 6.00. The minimum atomic E-state index is -0.621. The number of aliphatic hydroxyl groups is 1. The lowest BCUT2D eigenvalue weighted by Gasteiger charge is -2.52. The van der Waals surface area contributed by atoms with Crippen LogP contribution < -0.4 is 0 Å². The molecule has 2 saturated heterocycles. The molecule has 0 radical (unpaired) electrons. The fourth-order valence-corrected chi connectivity index (χ4v) is 6.00. The molecule has 1 N–H and O–H groups in total. The van der Waals surface area contributed by atoms with E-state index in [2.05, 4.69) is 27.7 Å². The van der Waals surface area contributed by atoms with Gasteiger partial charge < -0.3 is 14.6 Å². The fraction of sp³-hybridized carbons (Fsp3) is 0.625. The van der Waals surface area contributed by atoms with Crippen LogP contribution in [0.4, 0.5) is 0 Å². The molecular formula is C24H32O4. The van der Waals surface area contributed by atoms with Crippen molar-refractivity contribution in [3.8, 4) is 0 Å². The Morgan fingerprint density at radius 2 is 2.00 bits per heavy atom. The Morgan fingerprint density at radius 1 is 1.29 bits per heavy atom. The molecule has 7 atom stereocenters. The van der Waals surface area contributed by atoms with Crippen molar-refractivity contribution in [2.24, 2.45) is 23.7 Å². The molecule has 3 aliphatic rings. The first kappa shape index (κ1) is 19.7. The van der Waals surface area contributed by atoms with Crippen LogP contribution >= 0.6 is 0 Å². The number of aliphatic hydroxyl groups excluding tert-OH is 1. The van der Waals surface area contributed by atoms with Gasteiger partial charge in [-0.25, -0.2) is 4.79 Å². The number of ether oxygens (including phenoxy) is 2. The van der Waals surface area contributed by atoms with Crippen molar-refractivity contribution in [3.63, 3.8) is 0 Å². The second-order valence-corrected chi connectivity index (χ2v) is 9.46. The summed E-state index contributed by atoms with van der Waals surface area (Å²) in [5.74, 6) is 0.719. The van der Waals surface area contributed by atoms with E-state index in [0.717, 1.165) is 18.4 Å². The second-order valence-electron chi connectivity index (χ2n) is 9.46. The molecule has 0 spiro atoms. The Labute approximate surface area is 167 Å². The average Bonchev–Trinajstić information content (AvgIpc) is 3.16. The van der Waals surface area contributed by atoms with Crippen LogP contribution in [0.15, 0.2) is 36.4 Å². The number of carbonyl (C=O) groups excluding carboxylic acids is 1. The lowest BCUT2D eigenvalue weighted by atomic mass is 9.69. The molecule has 2 bridgehead atoms. The predicted octanol–water partition coefficient (Wildman–Crippen LogP) is 4.22. The van der Waals surface area contributed by atoms with Gasteiger partial charge in [0.1, 0.15) is 11.7 Å². The molecule has 4 nitrogen and oxygen atoms in total. The number of hydrogen-bond donors (Lipinski definition) is 1. The van der Waals surface area contributed by atoms with Gasteiger partial charge in [-0.15, -0.1) is 0 Å². The summed E-state index contributed by atoms with van der Waals surface area (Å²) in [7, 11) is 0. The Hall–Kier alpha value is -1.65. The molecule has 2 aliphatic heterocycles. The van der Waals surface area contributed by atoms with E-state index in [1.54, 1.807) is 6.08 Å². The van der Waals surface area contributed by atoms with Gasteiger partial charge >= 0.3 is 5.97 Å². The zero-order chi connectivity index (χ0) is 20.1. The lowest BCUT2D eigenvalue weighted by molar-refractivity contribution is -0.263. The van der Waals surface area contributed by atoms with Crippen molar-refractivity contribution in [2.75, 3.05) is 0 Å². The van der Waals surface area contributed by atoms with E-state index in [9.17, 15) is 9.90 Å². The summed E-state index contributed by atoms with van der Waals surface area (Å²) in [6.45, 7) is 8.53. The van der Waals surface area contributed by atoms with E-state index in [0.29, 0.717) is 12.3 Å². The molecule has 1 aromatic carbocycles. The summed E-state index contributed by atoms with van der Waals surface area (Å²) >= 11 is 0. The number of carbonyl (C=O) groups is 1. The Balaban J connectivity index is 1.63. The van der Waals surface area contributed by atoms with Crippen molar-refractivity contribution < 1.29 is 19.4 Å². The molecule has 1 saturated carbocycles. The smallest absolute Gasteiger partial charge is 0.331 e. The first-order chi connectivity index (χ1) is 13.3. The van der Waals surface area contributed by atoms with Crippen molar-refractivity contribution >= 4 is 12.0 Å². The van der Waals surface area contributed by atoms with E-state index in [1.165, 1.54) is 6.08 Å². The standard InChI is InChI=1S/C24H32O4/c1-15(2)24-14-19(25)23(4,28-24)18-12-10-16(3)21(18)22(24)27-20(26)13-11-17-8-6-5-7-9-17/h5-9,11,13,15-16,18-19,21-22,25H,10,12,14H2,1-4H3/b13-11+. The third kappa shape index (κ3) is 2.93. The zero-order valence-corrected chi connectivity index (χ0v) is 17.3. The maximum absolute atomic E-state index is 12.8. The molecule has 4 rings (SSSR count). The quantitative estimate of drug-likeness (QED) is 0.624. The Bertz CT molecular complexity index is 757. The van der Waals surface area contributed by atoms with Gasteiger partial charge in [0, 0.05) is 18.4 Å². The van der Waals surface area contributed by atoms with Crippen molar-refractivity contribution in [1.82, 2.24) is 0 Å². The van der Waals surface area contributed by atoms with Crippen LogP contribution in [0.3, 0.4) is 0 Å². The topological polar surface area (TPSA) is 55.8 Å². The molecule has 7 unspecified atom stereocenters. The summed E-state index contributed by atoms with van der Waals surface area (Å²) in [4.78, 5) is 12.8. The highest BCUT2D eigenvalue weighted by molar-refractivity contribution is 5.87. The molecule has 0 aromatic heterocycles. The van der Waals surface area contributed by atoms with E-state index in [4.69, 9.17) is 9.47 Å². The number of esters is 1. The van der Waals surface area contributed by atoms with Gasteiger partial charge in [-0.2, -0.15) is 0 Å². The molecule has 1 aromatic rings. The maximum Gasteiger partial charge on any atom is 0.331 e. The molecule has 3 fully saturated rings. The van der Waals surface area contributed by atoms with Crippen molar-refractivity contribution in [3.05, 3.63) is 42.0 Å². The molecule has 2 heterocycles. The monoisotopic (exact) mass is 384 g/mol. The van der Waals surface area contributed by atoms with E-state index >= 15 is 0 Å². The highest BCUT2D eigenvalue weighted by Crippen LogP contribution is 2.62. The molecule has 1 aliphatic carbocycles. The van der Waals surface area contributed by atoms with Crippen molar-refractivity contribution in [1.29, 1.82) is 0 Å². The van der Waals surface area contributed by atoms with Crippen LogP contribution in [0.1, 0.15) is 52.5 Å². The first-order valence-electron chi connectivity index (χ1n) is 10.6. The summed E-state index contributed by atoms with van der Waals surface area (Å²) in [5.41, 5.74) is -0.193. The SMILES string of the molecule is CC1CCC2C1C(OC(=O)/C=C/c1ccccc1)C1(C(C)C)CC(O)C2(C)O1. The van der Waals surface area contributed by atoms with Gasteiger partial charge in [0.2, 0.25) is 0 Å². The summed E-state index contributed by atoms with van der Waals surface area (Å²) in [6.07, 6.45) is 5.09. The van der Waals surface area contributed by atoms with Gasteiger partial charge in [-0.3, -0.25) is 0 Å². The van der Waals surface area contributed by atoms with Crippen LogP contribution in [0.2, 0.25) is 0 Å². The normalized spacial score (nSPS) is 42.1. The highest BCUT2D eigenvalue weighted by Gasteiger charge is 2.70. The molecule has 28 heavy (non-hydrogen) atoms. The number of hydrogen-bond acceptors (Lipinski definition) is 4. The van der Waals surface area contributed by atoms with Crippen LogP contribution in [-0.2, 0) is 14.3 Å². The maximum atomic E-state index is 12.8. The molecular weight excluding hydrogens is 352 g/mol. The average molecular weight is 385 g/mol. The second kappa shape index (κ2) is 7.00. The van der Waals surface area contributed by atoms with Gasteiger partial charge in [-0.1, -0.05) is 51.1 Å². The van der Waals surface area contributed by atoms with Crippen LogP contribution in [0.5, 0.6) is 0 Å². The van der Waals surface area contributed by atoms with Gasteiger partial charge in [0.15, 0.2) is 0 Å². The van der Waals surface area contributed by atoms with Crippen LogP contribution in [-0.4, -0.2) is 34.5 Å². The highest BCUT2D eigenvalue weighted by atomic mass is 16.6. The minimum Gasteiger partial charge on any atom is -0.456 e. The summed E-state index contributed by atoms with van der Waals surface area (Å²) in [6, 6.07) is 9.75. The van der Waals surface area contributed by atoms with Gasteiger partial charge in [-0.05, 0) is 49.2 Å². The third-order valence-electron chi connectivity index (χ3n) is 7.64. The Kier molecular flexibility index (Phi) is 4.91. The minimum absolute atomic E-state index is 0.147. The lowest BCUT2D eigenvalue weighted by Crippen LogP contribution is -2.62. The molecule has 0 amide bonds. The molecule has 152 valence electrons. The zero-order valence-electron chi connectivity index (χ0n) is 17.3. The van der Waals surface area contributed by atoms with Gasteiger partial charge in [0.05, 0.1) is 11.7 Å². The van der Waals surface area contributed by atoms with Crippen LogP contribution in [0.25, 0.3) is 6.08 Å². The van der Waals surface area contributed by atoms with E-state index < -0.39 is 17.3 Å². The van der Waals surface area contributed by atoms with E-state index in [-0.39, 0.29) is 29.8 Å². The number of benzene rings is 1. The van der Waals surface area contributed by atoms with Crippen LogP contribution in [0, 0.1) is 23.7 Å². The first-order valence-corrected chi connectivity index (χ1v) is 10.6. The van der Waals surface area contributed by atoms with E-state index in [1.807, 2.05) is 30.3 Å². The predicted molar refractivity (Wildman–Crippen MR) is 108 cm³/mol. The van der Waals surface area contributed by atoms with Crippen molar-refractivity contribution in [2.45, 2.75) is 70.4 Å². The summed E-state index contributed by atoms with van der Waals surface area (Å²) < 4.78 is 12.8. The molecule has 4 heteroatoms. The summed E-state index contributed by atoms with van der Waals surface area (Å²) in [5, 5.41) is 10.9. The Morgan fingerprint density at radius 3 is 2.68 bits per heavy atom. The number of fused-ring (bicyclic) bond motifs is 4. The number of rotatable bonds is 4. The largest absolute Gasteiger partial charge is 0.456 e. The van der Waals surface area contributed by atoms with Gasteiger partial charge in [0.25, 0.3) is 0 Å².